The van der Waals surface area contributed by atoms with Crippen LogP contribution in [0, 0.1) is 0 Å². The second kappa shape index (κ2) is 12.5. The van der Waals surface area contributed by atoms with Crippen LogP contribution in [-0.4, -0.2) is 4.57 Å². The van der Waals surface area contributed by atoms with Crippen molar-refractivity contribution in [2.75, 3.05) is 4.90 Å². The van der Waals surface area contributed by atoms with Crippen LogP contribution in [0.2, 0.25) is 0 Å². The van der Waals surface area contributed by atoms with Crippen molar-refractivity contribution in [3.63, 3.8) is 0 Å². The first-order chi connectivity index (χ1) is 28.3. The average molecular weight is 727 g/mol. The normalized spacial score (nSPS) is 11.9. The standard InChI is InChI=1S/C54H34N2O/c1-3-15-36(16-4-1)55(37-17-5-2-6-18-37)38-28-30-39(31-29-38)56-50-25-13-11-24-46(50)52-47(34-49-45-23-12-14-26-51(45)57-54(49)53(52)56)35-27-32-44-42-21-8-7-19-40(42)41-20-9-10-22-43(41)48(44)33-35/h1-34H. The molecule has 3 nitrogen and oxygen atoms in total. The molecule has 0 radical (unpaired) electrons. The number of furan rings is 1. The van der Waals surface area contributed by atoms with Crippen molar-refractivity contribution in [1.29, 1.82) is 0 Å². The molecule has 10 aromatic carbocycles. The maximum absolute atomic E-state index is 6.87. The predicted molar refractivity (Wildman–Crippen MR) is 241 cm³/mol. The summed E-state index contributed by atoms with van der Waals surface area (Å²) in [6.07, 6.45) is 0. The SMILES string of the molecule is c1ccc(N(c2ccccc2)c2ccc(-n3c4ccccc4c4c(-c5ccc6c7ccccc7c7ccccc7c6c5)cc5c6ccccc6oc5c43)cc2)cc1. The number of benzene rings is 10. The zero-order chi connectivity index (χ0) is 37.5. The molecule has 0 saturated carbocycles. The van der Waals surface area contributed by atoms with E-state index in [0.717, 1.165) is 55.7 Å². The number of para-hydroxylation sites is 4. The highest BCUT2D eigenvalue weighted by atomic mass is 16.3. The molecule has 0 aliphatic rings. The van der Waals surface area contributed by atoms with Gasteiger partial charge in [0, 0.05) is 44.3 Å². The van der Waals surface area contributed by atoms with E-state index in [0.29, 0.717) is 0 Å². The molecule has 0 saturated heterocycles. The fourth-order valence-corrected chi connectivity index (χ4v) is 9.25. The lowest BCUT2D eigenvalue weighted by Crippen LogP contribution is -2.09. The van der Waals surface area contributed by atoms with Crippen LogP contribution in [0.5, 0.6) is 0 Å². The molecule has 0 N–H and O–H groups in total. The van der Waals surface area contributed by atoms with Crippen molar-refractivity contribution in [1.82, 2.24) is 4.57 Å². The fraction of sp³-hybridized carbons (Fsp3) is 0. The molecule has 2 aromatic heterocycles. The Morgan fingerprint density at radius 1 is 0.368 bits per heavy atom. The summed E-state index contributed by atoms with van der Waals surface area (Å²) < 4.78 is 9.28. The van der Waals surface area contributed by atoms with Gasteiger partial charge in [-0.15, -0.1) is 0 Å². The molecule has 0 atom stereocenters. The summed E-state index contributed by atoms with van der Waals surface area (Å²) in [6.45, 7) is 0. The molecule has 57 heavy (non-hydrogen) atoms. The molecule has 0 unspecified atom stereocenters. The zero-order valence-electron chi connectivity index (χ0n) is 30.9. The van der Waals surface area contributed by atoms with E-state index in [1.165, 1.54) is 54.2 Å². The lowest BCUT2D eigenvalue weighted by atomic mass is 9.90. The van der Waals surface area contributed by atoms with Crippen LogP contribution in [0.3, 0.4) is 0 Å². The predicted octanol–water partition coefficient (Wildman–Crippen LogP) is 15.3. The molecule has 0 amide bonds. The monoisotopic (exact) mass is 726 g/mol. The molecular formula is C54H34N2O. The largest absolute Gasteiger partial charge is 0.454 e. The van der Waals surface area contributed by atoms with Gasteiger partial charge in [-0.1, -0.05) is 133 Å². The van der Waals surface area contributed by atoms with Gasteiger partial charge in [0.1, 0.15) is 5.58 Å². The van der Waals surface area contributed by atoms with Gasteiger partial charge in [0.05, 0.1) is 11.0 Å². The van der Waals surface area contributed by atoms with Gasteiger partial charge in [-0.3, -0.25) is 0 Å². The molecule has 266 valence electrons. The summed E-state index contributed by atoms with van der Waals surface area (Å²) in [5.74, 6) is 0. The molecule has 3 heteroatoms. The highest BCUT2D eigenvalue weighted by Gasteiger charge is 2.24. The van der Waals surface area contributed by atoms with Crippen LogP contribution in [0.25, 0.3) is 92.9 Å². The molecule has 0 bridgehead atoms. The van der Waals surface area contributed by atoms with Gasteiger partial charge >= 0.3 is 0 Å². The minimum Gasteiger partial charge on any atom is -0.454 e. The van der Waals surface area contributed by atoms with Gasteiger partial charge in [0.25, 0.3) is 0 Å². The van der Waals surface area contributed by atoms with Crippen molar-refractivity contribution in [3.8, 4) is 16.8 Å². The third-order valence-electron chi connectivity index (χ3n) is 11.7. The first-order valence-electron chi connectivity index (χ1n) is 19.5. The Morgan fingerprint density at radius 3 is 1.53 bits per heavy atom. The van der Waals surface area contributed by atoms with Crippen molar-refractivity contribution in [3.05, 3.63) is 206 Å². The Kier molecular flexibility index (Phi) is 6.93. The first-order valence-corrected chi connectivity index (χ1v) is 19.5. The number of nitrogens with zero attached hydrogens (tertiary/aromatic N) is 2. The highest BCUT2D eigenvalue weighted by molar-refractivity contribution is 6.28. The van der Waals surface area contributed by atoms with E-state index in [1.54, 1.807) is 0 Å². The summed E-state index contributed by atoms with van der Waals surface area (Å²) in [4.78, 5) is 2.30. The van der Waals surface area contributed by atoms with Crippen LogP contribution >= 0.6 is 0 Å². The fourth-order valence-electron chi connectivity index (χ4n) is 9.25. The van der Waals surface area contributed by atoms with Gasteiger partial charge in [-0.2, -0.15) is 0 Å². The van der Waals surface area contributed by atoms with Gasteiger partial charge < -0.3 is 13.9 Å². The maximum atomic E-state index is 6.87. The van der Waals surface area contributed by atoms with Crippen LogP contribution in [-0.2, 0) is 0 Å². The summed E-state index contributed by atoms with van der Waals surface area (Å²) in [5.41, 5.74) is 10.7. The Hall–Kier alpha value is -7.62. The molecule has 0 spiro atoms. The second-order valence-corrected chi connectivity index (χ2v) is 14.8. The van der Waals surface area contributed by atoms with Crippen molar-refractivity contribution in [2.45, 2.75) is 0 Å². The molecule has 0 aliphatic carbocycles. The summed E-state index contributed by atoms with van der Waals surface area (Å²) >= 11 is 0. The smallest absolute Gasteiger partial charge is 0.160 e. The summed E-state index contributed by atoms with van der Waals surface area (Å²) in [7, 11) is 0. The Balaban J connectivity index is 1.15. The number of aromatic nitrogens is 1. The lowest BCUT2D eigenvalue weighted by Gasteiger charge is -2.25. The van der Waals surface area contributed by atoms with E-state index >= 15 is 0 Å². The molecule has 2 heterocycles. The lowest BCUT2D eigenvalue weighted by molar-refractivity contribution is 0.671. The zero-order valence-corrected chi connectivity index (χ0v) is 30.9. The van der Waals surface area contributed by atoms with E-state index in [-0.39, 0.29) is 0 Å². The molecule has 0 aliphatic heterocycles. The average Bonchev–Trinajstić information content (AvgIpc) is 3.84. The molecule has 12 aromatic rings. The Morgan fingerprint density at radius 2 is 0.877 bits per heavy atom. The minimum atomic E-state index is 0.885. The van der Waals surface area contributed by atoms with Gasteiger partial charge in [0.15, 0.2) is 5.58 Å². The first kappa shape index (κ1) is 31.7. The minimum absolute atomic E-state index is 0.885. The summed E-state index contributed by atoms with van der Waals surface area (Å²) in [5, 5.41) is 12.2. The van der Waals surface area contributed by atoms with E-state index in [4.69, 9.17) is 4.42 Å². The summed E-state index contributed by atoms with van der Waals surface area (Å²) in [6, 6.07) is 74.3. The van der Waals surface area contributed by atoms with Gasteiger partial charge in [-0.05, 0) is 116 Å². The Labute approximate surface area is 328 Å². The topological polar surface area (TPSA) is 21.3 Å². The number of hydrogen-bond donors (Lipinski definition) is 0. The van der Waals surface area contributed by atoms with Crippen molar-refractivity contribution < 1.29 is 4.42 Å². The number of hydrogen-bond acceptors (Lipinski definition) is 2. The third-order valence-corrected chi connectivity index (χ3v) is 11.7. The Bertz CT molecular complexity index is 3430. The second-order valence-electron chi connectivity index (χ2n) is 14.8. The van der Waals surface area contributed by atoms with Crippen LogP contribution < -0.4 is 4.90 Å². The van der Waals surface area contributed by atoms with Crippen LogP contribution in [0.1, 0.15) is 0 Å². The van der Waals surface area contributed by atoms with E-state index in [9.17, 15) is 0 Å². The van der Waals surface area contributed by atoms with Crippen LogP contribution in [0.4, 0.5) is 17.1 Å². The van der Waals surface area contributed by atoms with E-state index < -0.39 is 0 Å². The van der Waals surface area contributed by atoms with E-state index in [1.807, 2.05) is 0 Å². The highest BCUT2D eigenvalue weighted by Crippen LogP contribution is 2.47. The van der Waals surface area contributed by atoms with Gasteiger partial charge in [0.2, 0.25) is 0 Å². The quantitative estimate of drug-likeness (QED) is 0.165. The molecule has 0 fully saturated rings. The maximum Gasteiger partial charge on any atom is 0.160 e. The number of rotatable bonds is 5. The van der Waals surface area contributed by atoms with E-state index in [2.05, 4.69) is 216 Å². The number of anilines is 3. The number of fused-ring (bicyclic) bond motifs is 13. The molecule has 12 rings (SSSR count). The molecular weight excluding hydrogens is 693 g/mol. The third kappa shape index (κ3) is 4.79. The van der Waals surface area contributed by atoms with Crippen molar-refractivity contribution in [2.24, 2.45) is 0 Å². The van der Waals surface area contributed by atoms with Gasteiger partial charge in [-0.25, -0.2) is 0 Å². The van der Waals surface area contributed by atoms with Crippen LogP contribution in [0.15, 0.2) is 211 Å². The van der Waals surface area contributed by atoms with Crippen molar-refractivity contribution >= 4 is 93.1 Å².